The van der Waals surface area contributed by atoms with Crippen molar-refractivity contribution >= 4 is 5.70 Å². The van der Waals surface area contributed by atoms with Crippen molar-refractivity contribution in [1.82, 2.24) is 9.55 Å². The second-order valence-corrected chi connectivity index (χ2v) is 4.64. The second kappa shape index (κ2) is 3.53. The summed E-state index contributed by atoms with van der Waals surface area (Å²) in [5, 5.41) is 0. The highest BCUT2D eigenvalue weighted by molar-refractivity contribution is 5.47. The Labute approximate surface area is 88.3 Å². The molecule has 0 aromatic carbocycles. The van der Waals surface area contributed by atoms with Gasteiger partial charge in [-0.2, -0.15) is 0 Å². The van der Waals surface area contributed by atoms with Crippen LogP contribution in [0.5, 0.6) is 0 Å². The molecule has 4 nitrogen and oxygen atoms in total. The van der Waals surface area contributed by atoms with Crippen molar-refractivity contribution in [1.29, 1.82) is 0 Å². The van der Waals surface area contributed by atoms with E-state index in [1.807, 2.05) is 20.8 Å². The zero-order valence-electron chi connectivity index (χ0n) is 9.55. The van der Waals surface area contributed by atoms with Gasteiger partial charge in [-0.25, -0.2) is 4.79 Å². The molecule has 0 atom stereocenters. The Balaban J connectivity index is 3.41. The third kappa shape index (κ3) is 2.26. The molecule has 0 amide bonds. The molecule has 1 N–H and O–H groups in total. The first-order chi connectivity index (χ1) is 6.73. The Morgan fingerprint density at radius 1 is 1.40 bits per heavy atom. The summed E-state index contributed by atoms with van der Waals surface area (Å²) in [6, 6.07) is 0. The SMILES string of the molecule is C=C(n1cc(C)c(=O)[nH]c1=O)C(C)(C)C. The normalized spacial score (nSPS) is 11.5. The van der Waals surface area contributed by atoms with Gasteiger partial charge in [0, 0.05) is 22.9 Å². The minimum Gasteiger partial charge on any atom is -0.273 e. The molecule has 15 heavy (non-hydrogen) atoms. The van der Waals surface area contributed by atoms with Crippen molar-refractivity contribution < 1.29 is 0 Å². The average Bonchev–Trinajstić information content (AvgIpc) is 2.08. The Morgan fingerprint density at radius 3 is 2.40 bits per heavy atom. The molecule has 0 saturated heterocycles. The topological polar surface area (TPSA) is 54.9 Å². The van der Waals surface area contributed by atoms with Crippen LogP contribution in [-0.4, -0.2) is 9.55 Å². The minimum absolute atomic E-state index is 0.214. The third-order valence-corrected chi connectivity index (χ3v) is 2.28. The molecule has 1 aromatic heterocycles. The van der Waals surface area contributed by atoms with Gasteiger partial charge in [0.25, 0.3) is 5.56 Å². The van der Waals surface area contributed by atoms with E-state index in [1.165, 1.54) is 10.8 Å². The molecule has 0 aliphatic heterocycles. The van der Waals surface area contributed by atoms with Crippen molar-refractivity contribution in [3.8, 4) is 0 Å². The lowest BCUT2D eigenvalue weighted by molar-refractivity contribution is 0.534. The summed E-state index contributed by atoms with van der Waals surface area (Å²) < 4.78 is 1.39. The van der Waals surface area contributed by atoms with Crippen molar-refractivity contribution in [2.75, 3.05) is 0 Å². The van der Waals surface area contributed by atoms with Gasteiger partial charge in [0.15, 0.2) is 0 Å². The van der Waals surface area contributed by atoms with E-state index in [-0.39, 0.29) is 11.0 Å². The van der Waals surface area contributed by atoms with Gasteiger partial charge in [-0.05, 0) is 6.92 Å². The van der Waals surface area contributed by atoms with E-state index in [0.29, 0.717) is 11.3 Å². The Morgan fingerprint density at radius 2 is 1.93 bits per heavy atom. The summed E-state index contributed by atoms with van der Waals surface area (Å²) in [6.45, 7) is 11.4. The third-order valence-electron chi connectivity index (χ3n) is 2.28. The molecule has 0 radical (unpaired) electrons. The van der Waals surface area contributed by atoms with Gasteiger partial charge in [-0.1, -0.05) is 27.4 Å². The van der Waals surface area contributed by atoms with Gasteiger partial charge in [0.2, 0.25) is 0 Å². The first-order valence-corrected chi connectivity index (χ1v) is 4.76. The zero-order valence-corrected chi connectivity index (χ0v) is 9.55. The van der Waals surface area contributed by atoms with Crippen LogP contribution in [0.4, 0.5) is 0 Å². The standard InChI is InChI=1S/C11H16N2O2/c1-7-6-13(8(2)11(3,4)5)10(15)12-9(7)14/h6H,2H2,1,3-5H3,(H,12,14,15). The number of nitrogens with zero attached hydrogens (tertiary/aromatic N) is 1. The molecule has 0 bridgehead atoms. The van der Waals surface area contributed by atoms with Gasteiger partial charge in [0.05, 0.1) is 0 Å². The lowest BCUT2D eigenvalue weighted by Crippen LogP contribution is -2.32. The summed E-state index contributed by atoms with van der Waals surface area (Å²) >= 11 is 0. The largest absolute Gasteiger partial charge is 0.332 e. The van der Waals surface area contributed by atoms with Crippen LogP contribution >= 0.6 is 0 Å². The number of rotatable bonds is 1. The molecule has 0 fully saturated rings. The van der Waals surface area contributed by atoms with E-state index in [2.05, 4.69) is 11.6 Å². The van der Waals surface area contributed by atoms with Gasteiger partial charge in [-0.3, -0.25) is 14.3 Å². The number of aromatic amines is 1. The molecular weight excluding hydrogens is 192 g/mol. The predicted octanol–water partition coefficient (Wildman–Crippen LogP) is 1.36. The van der Waals surface area contributed by atoms with Crippen LogP contribution in [0.25, 0.3) is 5.70 Å². The van der Waals surface area contributed by atoms with E-state index in [4.69, 9.17) is 0 Å². The van der Waals surface area contributed by atoms with Crippen LogP contribution in [0.2, 0.25) is 0 Å². The maximum atomic E-state index is 11.5. The fourth-order valence-corrected chi connectivity index (χ4v) is 1.13. The first kappa shape index (κ1) is 11.5. The van der Waals surface area contributed by atoms with E-state index < -0.39 is 5.69 Å². The first-order valence-electron chi connectivity index (χ1n) is 4.76. The Hall–Kier alpha value is -1.58. The van der Waals surface area contributed by atoms with Crippen molar-refractivity contribution in [2.45, 2.75) is 27.7 Å². The smallest absolute Gasteiger partial charge is 0.273 e. The maximum Gasteiger partial charge on any atom is 0.332 e. The lowest BCUT2D eigenvalue weighted by atomic mass is 9.93. The fourth-order valence-electron chi connectivity index (χ4n) is 1.13. The summed E-state index contributed by atoms with van der Waals surface area (Å²) in [6.07, 6.45) is 1.52. The molecule has 0 saturated carbocycles. The summed E-state index contributed by atoms with van der Waals surface area (Å²) in [5.41, 5.74) is 0.157. The zero-order chi connectivity index (χ0) is 11.8. The highest BCUT2D eigenvalue weighted by Crippen LogP contribution is 2.25. The van der Waals surface area contributed by atoms with Crippen molar-refractivity contribution in [3.63, 3.8) is 0 Å². The van der Waals surface area contributed by atoms with Crippen LogP contribution in [0.15, 0.2) is 22.4 Å². The minimum atomic E-state index is -0.439. The van der Waals surface area contributed by atoms with Crippen LogP contribution in [0.1, 0.15) is 26.3 Å². The number of hydrogen-bond donors (Lipinski definition) is 1. The number of allylic oxidation sites excluding steroid dienone is 1. The summed E-state index contributed by atoms with van der Waals surface area (Å²) in [5.74, 6) is 0. The Kier molecular flexibility index (Phi) is 2.71. The van der Waals surface area contributed by atoms with Crippen LogP contribution in [0.3, 0.4) is 0 Å². The average molecular weight is 208 g/mol. The van der Waals surface area contributed by atoms with Crippen molar-refractivity contribution in [3.05, 3.63) is 39.2 Å². The summed E-state index contributed by atoms with van der Waals surface area (Å²) in [7, 11) is 0. The van der Waals surface area contributed by atoms with Crippen LogP contribution < -0.4 is 11.2 Å². The van der Waals surface area contributed by atoms with Gasteiger partial charge < -0.3 is 0 Å². The number of hydrogen-bond acceptors (Lipinski definition) is 2. The number of aromatic nitrogens is 2. The number of nitrogens with one attached hydrogen (secondary N) is 1. The number of H-pyrrole nitrogens is 1. The van der Waals surface area contributed by atoms with E-state index in [1.54, 1.807) is 6.92 Å². The van der Waals surface area contributed by atoms with Crippen LogP contribution in [0, 0.1) is 12.3 Å². The van der Waals surface area contributed by atoms with Crippen molar-refractivity contribution in [2.24, 2.45) is 5.41 Å². The fraction of sp³-hybridized carbons (Fsp3) is 0.455. The molecule has 0 aliphatic carbocycles. The molecule has 4 heteroatoms. The van der Waals surface area contributed by atoms with Crippen LogP contribution in [-0.2, 0) is 0 Å². The molecular formula is C11H16N2O2. The van der Waals surface area contributed by atoms with Gasteiger partial charge in [-0.15, -0.1) is 0 Å². The quantitative estimate of drug-likeness (QED) is 0.757. The van der Waals surface area contributed by atoms with E-state index in [0.717, 1.165) is 0 Å². The van der Waals surface area contributed by atoms with E-state index >= 15 is 0 Å². The number of aryl methyl sites for hydroxylation is 1. The predicted molar refractivity (Wildman–Crippen MR) is 60.8 cm³/mol. The molecule has 1 heterocycles. The molecule has 1 aromatic rings. The van der Waals surface area contributed by atoms with E-state index in [9.17, 15) is 9.59 Å². The second-order valence-electron chi connectivity index (χ2n) is 4.64. The molecule has 0 aliphatic rings. The maximum absolute atomic E-state index is 11.5. The molecule has 0 unspecified atom stereocenters. The summed E-state index contributed by atoms with van der Waals surface area (Å²) in [4.78, 5) is 24.9. The highest BCUT2D eigenvalue weighted by Gasteiger charge is 2.18. The Bertz CT molecular complexity index is 501. The molecule has 82 valence electrons. The molecule has 0 spiro atoms. The highest BCUT2D eigenvalue weighted by atomic mass is 16.2. The van der Waals surface area contributed by atoms with Gasteiger partial charge in [0.1, 0.15) is 0 Å². The van der Waals surface area contributed by atoms with Gasteiger partial charge >= 0.3 is 5.69 Å². The molecule has 1 rings (SSSR count). The lowest BCUT2D eigenvalue weighted by Gasteiger charge is -2.22. The monoisotopic (exact) mass is 208 g/mol.